The minimum atomic E-state index is -0.125. The van der Waals surface area contributed by atoms with Gasteiger partial charge in [0.25, 0.3) is 0 Å². The number of para-hydroxylation sites is 1. The molecule has 0 saturated carbocycles. The summed E-state index contributed by atoms with van der Waals surface area (Å²) in [5, 5.41) is 14.2. The number of hydrogen-bond acceptors (Lipinski definition) is 3. The number of furan rings is 1. The van der Waals surface area contributed by atoms with Gasteiger partial charge in [0.2, 0.25) is 0 Å². The third-order valence-electron chi connectivity index (χ3n) is 7.34. The Bertz CT molecular complexity index is 2160. The van der Waals surface area contributed by atoms with Crippen LogP contribution in [0.15, 0.2) is 119 Å². The molecule has 43 heavy (non-hydrogen) atoms. The van der Waals surface area contributed by atoms with E-state index in [2.05, 4.69) is 111 Å². The SMILES string of the molecule is CC(=O)/C=C(/C)O.[CH2-][n+]1c(-c2[c-]c(C)cc3c2oc2ccccc23)cc(-c2ccccc2)c2c3ccccc3ccc21.[Ir]. The molecule has 0 fully saturated rings. The van der Waals surface area contributed by atoms with E-state index in [4.69, 9.17) is 9.52 Å². The summed E-state index contributed by atoms with van der Waals surface area (Å²) in [6.07, 6.45) is 1.17. The van der Waals surface area contributed by atoms with E-state index in [1.807, 2.05) is 16.7 Å². The maximum Gasteiger partial charge on any atom is 0.155 e. The van der Waals surface area contributed by atoms with Crippen molar-refractivity contribution < 1.29 is 39.0 Å². The Morgan fingerprint density at radius 1 is 0.860 bits per heavy atom. The van der Waals surface area contributed by atoms with Gasteiger partial charge in [-0.2, -0.15) is 0 Å². The fourth-order valence-electron chi connectivity index (χ4n) is 5.61. The summed E-state index contributed by atoms with van der Waals surface area (Å²) in [6, 6.07) is 39.7. The molecule has 0 spiro atoms. The van der Waals surface area contributed by atoms with E-state index in [0.29, 0.717) is 0 Å². The number of aliphatic hydroxyl groups excluding tert-OH is 1. The van der Waals surface area contributed by atoms with Gasteiger partial charge in [0, 0.05) is 44.0 Å². The zero-order chi connectivity index (χ0) is 29.4. The van der Waals surface area contributed by atoms with Crippen LogP contribution < -0.4 is 4.57 Å². The second kappa shape index (κ2) is 12.3. The van der Waals surface area contributed by atoms with E-state index in [9.17, 15) is 4.79 Å². The molecule has 2 aromatic heterocycles. The minimum Gasteiger partial charge on any atom is -0.512 e. The molecular formula is C38H30IrNO3-. The van der Waals surface area contributed by atoms with E-state index >= 15 is 0 Å². The summed E-state index contributed by atoms with van der Waals surface area (Å²) in [7, 11) is 4.51. The first kappa shape index (κ1) is 29.8. The maximum atomic E-state index is 10.0. The normalized spacial score (nSPS) is 11.4. The molecule has 0 amide bonds. The number of aryl methyl sites for hydroxylation is 1. The fourth-order valence-corrected chi connectivity index (χ4v) is 5.61. The molecule has 5 aromatic carbocycles. The molecule has 0 unspecified atom stereocenters. The molecule has 5 heteroatoms. The monoisotopic (exact) mass is 741 g/mol. The molecule has 7 rings (SSSR count). The predicted octanol–water partition coefficient (Wildman–Crippen LogP) is 9.30. The molecule has 0 atom stereocenters. The number of benzene rings is 5. The van der Waals surface area contributed by atoms with E-state index < -0.39 is 0 Å². The number of ketones is 1. The molecule has 0 bridgehead atoms. The minimum absolute atomic E-state index is 0. The van der Waals surface area contributed by atoms with Crippen LogP contribution in [-0.2, 0) is 24.9 Å². The van der Waals surface area contributed by atoms with Crippen LogP contribution in [0.1, 0.15) is 19.4 Å². The van der Waals surface area contributed by atoms with E-state index in [-0.39, 0.29) is 31.6 Å². The first-order valence-corrected chi connectivity index (χ1v) is 13.8. The van der Waals surface area contributed by atoms with Crippen molar-refractivity contribution in [3.63, 3.8) is 0 Å². The van der Waals surface area contributed by atoms with Crippen LogP contribution in [0.3, 0.4) is 0 Å². The number of carbonyl (C=O) groups is 1. The number of carbonyl (C=O) groups excluding carboxylic acids is 1. The zero-order valence-electron chi connectivity index (χ0n) is 24.1. The van der Waals surface area contributed by atoms with Crippen molar-refractivity contribution in [3.05, 3.63) is 134 Å². The largest absolute Gasteiger partial charge is 0.512 e. The third kappa shape index (κ3) is 5.70. The first-order chi connectivity index (χ1) is 20.3. The number of fused-ring (bicyclic) bond motifs is 6. The van der Waals surface area contributed by atoms with Crippen molar-refractivity contribution >= 4 is 49.4 Å². The molecule has 4 nitrogen and oxygen atoms in total. The summed E-state index contributed by atoms with van der Waals surface area (Å²) in [5.74, 6) is -0.0625. The van der Waals surface area contributed by atoms with Gasteiger partial charge in [-0.3, -0.25) is 4.79 Å². The van der Waals surface area contributed by atoms with Crippen molar-refractivity contribution in [2.75, 3.05) is 0 Å². The van der Waals surface area contributed by atoms with E-state index in [1.54, 1.807) is 0 Å². The van der Waals surface area contributed by atoms with Gasteiger partial charge in [0.15, 0.2) is 5.78 Å². The standard InChI is InChI=1S/C33H22NO.C5H8O2.Ir/c1-21-18-27-25-14-8-9-15-31(25)35-33(27)28(19-21)30-20-26(22-10-4-3-5-11-22)32-24-13-7-6-12-23(24)16-17-29(32)34(30)2;1-4(6)3-5(2)7;/h3-18,20H,2H2,1H3;3,6H,1-2H3;/q-1;;/b;4-3-;. The molecule has 0 aliphatic carbocycles. The van der Waals surface area contributed by atoms with Crippen LogP contribution in [0.4, 0.5) is 0 Å². The first-order valence-electron chi connectivity index (χ1n) is 13.8. The molecule has 2 heterocycles. The number of allylic oxidation sites excluding steroid dienone is 2. The van der Waals surface area contributed by atoms with Crippen LogP contribution in [0.5, 0.6) is 0 Å². The summed E-state index contributed by atoms with van der Waals surface area (Å²) in [6.45, 7) is 4.94. The molecule has 215 valence electrons. The van der Waals surface area contributed by atoms with Gasteiger partial charge < -0.3 is 14.1 Å². The Kier molecular flexibility index (Phi) is 8.49. The molecule has 0 saturated heterocycles. The van der Waals surface area contributed by atoms with Gasteiger partial charge >= 0.3 is 0 Å². The zero-order valence-corrected chi connectivity index (χ0v) is 26.5. The van der Waals surface area contributed by atoms with Crippen molar-refractivity contribution in [1.82, 2.24) is 0 Å². The molecular weight excluding hydrogens is 711 g/mol. The number of pyridine rings is 1. The second-order valence-corrected chi connectivity index (χ2v) is 10.5. The number of aromatic nitrogens is 1. The van der Waals surface area contributed by atoms with Gasteiger partial charge in [0.1, 0.15) is 16.8 Å². The van der Waals surface area contributed by atoms with Crippen molar-refractivity contribution in [2.45, 2.75) is 20.8 Å². The third-order valence-corrected chi connectivity index (χ3v) is 7.34. The van der Waals surface area contributed by atoms with Gasteiger partial charge in [-0.15, -0.1) is 17.7 Å². The van der Waals surface area contributed by atoms with Crippen LogP contribution in [-0.4, -0.2) is 10.9 Å². The van der Waals surface area contributed by atoms with Gasteiger partial charge in [-0.1, -0.05) is 91.2 Å². The van der Waals surface area contributed by atoms with Crippen LogP contribution in [0.2, 0.25) is 0 Å². The van der Waals surface area contributed by atoms with Crippen molar-refractivity contribution in [3.8, 4) is 22.4 Å². The molecule has 7 aromatic rings. The smallest absolute Gasteiger partial charge is 0.155 e. The van der Waals surface area contributed by atoms with Gasteiger partial charge in [-0.05, 0) is 59.5 Å². The summed E-state index contributed by atoms with van der Waals surface area (Å²) < 4.78 is 8.44. The molecule has 0 aliphatic rings. The van der Waals surface area contributed by atoms with Gasteiger partial charge in [0.05, 0.1) is 11.3 Å². The number of hydrogen-bond donors (Lipinski definition) is 1. The molecule has 0 aliphatic heterocycles. The topological polar surface area (TPSA) is 54.3 Å². The number of nitrogens with zero attached hydrogens (tertiary/aromatic N) is 1. The average Bonchev–Trinajstić information content (AvgIpc) is 3.35. The maximum absolute atomic E-state index is 10.0. The number of aliphatic hydroxyl groups is 1. The quantitative estimate of drug-likeness (QED) is 0.0647. The molecule has 1 N–H and O–H groups in total. The van der Waals surface area contributed by atoms with E-state index in [1.165, 1.54) is 47.2 Å². The van der Waals surface area contributed by atoms with Crippen LogP contribution in [0.25, 0.3) is 66.0 Å². The van der Waals surface area contributed by atoms with Crippen LogP contribution >= 0.6 is 0 Å². The summed E-state index contributed by atoms with van der Waals surface area (Å²) in [5.41, 5.74) is 8.11. The van der Waals surface area contributed by atoms with Crippen molar-refractivity contribution in [2.24, 2.45) is 0 Å². The Hall–Kier alpha value is -4.70. The van der Waals surface area contributed by atoms with Crippen LogP contribution in [0, 0.1) is 20.0 Å². The number of rotatable bonds is 3. The van der Waals surface area contributed by atoms with E-state index in [0.717, 1.165) is 44.3 Å². The average molecular weight is 741 g/mol. The Morgan fingerprint density at radius 3 is 2.23 bits per heavy atom. The Morgan fingerprint density at radius 2 is 1.53 bits per heavy atom. The summed E-state index contributed by atoms with van der Waals surface area (Å²) >= 11 is 0. The Labute approximate surface area is 264 Å². The second-order valence-electron chi connectivity index (χ2n) is 10.5. The Balaban J connectivity index is 0.000000415. The summed E-state index contributed by atoms with van der Waals surface area (Å²) in [4.78, 5) is 10.0. The van der Waals surface area contributed by atoms with Gasteiger partial charge in [-0.25, -0.2) is 0 Å². The molecule has 1 radical (unpaired) electrons. The van der Waals surface area contributed by atoms with Crippen molar-refractivity contribution in [1.29, 1.82) is 0 Å². The fraction of sp³-hybridized carbons (Fsp3) is 0.0789. The predicted molar refractivity (Wildman–Crippen MR) is 171 cm³/mol.